The summed E-state index contributed by atoms with van der Waals surface area (Å²) in [6.45, 7) is 4.78. The number of aromatic nitrogens is 1. The molecule has 4 nitrogen and oxygen atoms in total. The summed E-state index contributed by atoms with van der Waals surface area (Å²) in [5.74, 6) is 0.940. The number of nitrogens with one attached hydrogen (secondary N) is 1. The van der Waals surface area contributed by atoms with Crippen molar-refractivity contribution in [2.24, 2.45) is 5.92 Å². The molecule has 20 heavy (non-hydrogen) atoms. The van der Waals surface area contributed by atoms with Crippen molar-refractivity contribution in [2.45, 2.75) is 13.8 Å². The van der Waals surface area contributed by atoms with E-state index < -0.39 is 0 Å². The average Bonchev–Trinajstić information content (AvgIpc) is 2.47. The number of hydrogen-bond acceptors (Lipinski definition) is 3. The number of hydrogen-bond donors (Lipinski definition) is 1. The Hall–Kier alpha value is -2.36. The van der Waals surface area contributed by atoms with Crippen LogP contribution in [-0.4, -0.2) is 17.5 Å². The third-order valence-electron chi connectivity index (χ3n) is 2.65. The molecule has 1 heterocycles. The highest BCUT2D eigenvalue weighted by Crippen LogP contribution is 2.24. The second kappa shape index (κ2) is 6.70. The zero-order valence-electron chi connectivity index (χ0n) is 11.7. The van der Waals surface area contributed by atoms with Crippen LogP contribution < -0.4 is 10.1 Å². The zero-order valence-corrected chi connectivity index (χ0v) is 11.7. The Morgan fingerprint density at radius 2 is 1.90 bits per heavy atom. The molecule has 0 aliphatic carbocycles. The molecule has 0 saturated heterocycles. The van der Waals surface area contributed by atoms with Crippen molar-refractivity contribution in [1.82, 2.24) is 4.98 Å². The smallest absolute Gasteiger partial charge is 0.255 e. The second-order valence-corrected chi connectivity index (χ2v) is 4.89. The SMILES string of the molecule is CC(C)COc1ccccc1NC(=O)c1ccncc1. The number of ether oxygens (including phenoxy) is 1. The first-order valence-corrected chi connectivity index (χ1v) is 6.60. The van der Waals surface area contributed by atoms with Gasteiger partial charge < -0.3 is 10.1 Å². The molecule has 2 aromatic rings. The van der Waals surface area contributed by atoms with Crippen molar-refractivity contribution < 1.29 is 9.53 Å². The maximum absolute atomic E-state index is 12.1. The third kappa shape index (κ3) is 3.82. The van der Waals surface area contributed by atoms with Gasteiger partial charge in [-0.15, -0.1) is 0 Å². The summed E-state index contributed by atoms with van der Waals surface area (Å²) in [4.78, 5) is 16.0. The van der Waals surface area contributed by atoms with Crippen LogP contribution in [0.15, 0.2) is 48.8 Å². The first-order valence-electron chi connectivity index (χ1n) is 6.60. The minimum Gasteiger partial charge on any atom is -0.491 e. The van der Waals surface area contributed by atoms with Crippen LogP contribution in [0.1, 0.15) is 24.2 Å². The van der Waals surface area contributed by atoms with Crippen LogP contribution in [0.2, 0.25) is 0 Å². The minimum absolute atomic E-state index is 0.173. The van der Waals surface area contributed by atoms with Crippen LogP contribution in [0, 0.1) is 5.92 Å². The van der Waals surface area contributed by atoms with E-state index in [9.17, 15) is 4.79 Å². The molecule has 0 saturated carbocycles. The van der Waals surface area contributed by atoms with E-state index in [1.54, 1.807) is 24.5 Å². The van der Waals surface area contributed by atoms with Gasteiger partial charge in [0.25, 0.3) is 5.91 Å². The van der Waals surface area contributed by atoms with Crippen LogP contribution in [-0.2, 0) is 0 Å². The largest absolute Gasteiger partial charge is 0.491 e. The quantitative estimate of drug-likeness (QED) is 0.906. The van der Waals surface area contributed by atoms with Gasteiger partial charge in [-0.25, -0.2) is 0 Å². The number of pyridine rings is 1. The lowest BCUT2D eigenvalue weighted by molar-refractivity contribution is 0.102. The first kappa shape index (κ1) is 14.1. The maximum Gasteiger partial charge on any atom is 0.255 e. The number of nitrogens with zero attached hydrogens (tertiary/aromatic N) is 1. The molecular formula is C16H18N2O2. The van der Waals surface area contributed by atoms with Crippen LogP contribution in [0.5, 0.6) is 5.75 Å². The predicted octanol–water partition coefficient (Wildman–Crippen LogP) is 3.37. The average molecular weight is 270 g/mol. The van der Waals surface area contributed by atoms with Crippen molar-refractivity contribution in [1.29, 1.82) is 0 Å². The number of anilines is 1. The van der Waals surface area contributed by atoms with Crippen LogP contribution in [0.3, 0.4) is 0 Å². The molecule has 1 aromatic carbocycles. The van der Waals surface area contributed by atoms with Gasteiger partial charge in [-0.3, -0.25) is 9.78 Å². The number of benzene rings is 1. The van der Waals surface area contributed by atoms with Gasteiger partial charge >= 0.3 is 0 Å². The molecule has 1 amide bonds. The van der Waals surface area contributed by atoms with E-state index in [0.29, 0.717) is 29.5 Å². The summed E-state index contributed by atoms with van der Waals surface area (Å²) < 4.78 is 5.71. The van der Waals surface area contributed by atoms with Crippen molar-refractivity contribution >= 4 is 11.6 Å². The molecule has 0 radical (unpaired) electrons. The van der Waals surface area contributed by atoms with Crippen molar-refractivity contribution in [3.8, 4) is 5.75 Å². The van der Waals surface area contributed by atoms with Crippen LogP contribution in [0.4, 0.5) is 5.69 Å². The van der Waals surface area contributed by atoms with Gasteiger partial charge in [-0.1, -0.05) is 26.0 Å². The molecule has 0 aliphatic rings. The van der Waals surface area contributed by atoms with Gasteiger partial charge in [0.05, 0.1) is 12.3 Å². The Kier molecular flexibility index (Phi) is 4.71. The summed E-state index contributed by atoms with van der Waals surface area (Å²) in [6.07, 6.45) is 3.19. The van der Waals surface area contributed by atoms with Gasteiger partial charge in [0.1, 0.15) is 5.75 Å². The van der Waals surface area contributed by atoms with Crippen LogP contribution >= 0.6 is 0 Å². The van der Waals surface area contributed by atoms with E-state index in [-0.39, 0.29) is 5.91 Å². The Bertz CT molecular complexity index is 568. The van der Waals surface area contributed by atoms with E-state index >= 15 is 0 Å². The summed E-state index contributed by atoms with van der Waals surface area (Å²) in [6, 6.07) is 10.8. The highest BCUT2D eigenvalue weighted by Gasteiger charge is 2.09. The van der Waals surface area contributed by atoms with Crippen molar-refractivity contribution in [2.75, 3.05) is 11.9 Å². The molecule has 1 aromatic heterocycles. The molecule has 0 aliphatic heterocycles. The number of amides is 1. The molecule has 0 spiro atoms. The summed E-state index contributed by atoms with van der Waals surface area (Å²) >= 11 is 0. The maximum atomic E-state index is 12.1. The van der Waals surface area contributed by atoms with E-state index in [2.05, 4.69) is 24.1 Å². The predicted molar refractivity (Wildman–Crippen MR) is 79.0 cm³/mol. The highest BCUT2D eigenvalue weighted by molar-refractivity contribution is 6.04. The summed E-state index contributed by atoms with van der Waals surface area (Å²) in [7, 11) is 0. The minimum atomic E-state index is -0.173. The molecular weight excluding hydrogens is 252 g/mol. The van der Waals surface area contributed by atoms with Crippen LogP contribution in [0.25, 0.3) is 0 Å². The monoisotopic (exact) mass is 270 g/mol. The van der Waals surface area contributed by atoms with E-state index in [1.807, 2.05) is 24.3 Å². The summed E-state index contributed by atoms with van der Waals surface area (Å²) in [5, 5.41) is 2.86. The number of para-hydroxylation sites is 2. The van der Waals surface area contributed by atoms with E-state index in [4.69, 9.17) is 4.74 Å². The molecule has 0 bridgehead atoms. The van der Waals surface area contributed by atoms with Gasteiger partial charge in [0, 0.05) is 18.0 Å². The fourth-order valence-corrected chi connectivity index (χ4v) is 1.65. The second-order valence-electron chi connectivity index (χ2n) is 4.89. The van der Waals surface area contributed by atoms with Gasteiger partial charge in [-0.05, 0) is 30.2 Å². The number of carbonyl (C=O) groups is 1. The molecule has 4 heteroatoms. The number of rotatable bonds is 5. The lowest BCUT2D eigenvalue weighted by Crippen LogP contribution is -2.13. The van der Waals surface area contributed by atoms with Crippen molar-refractivity contribution in [3.05, 3.63) is 54.4 Å². The fraction of sp³-hybridized carbons (Fsp3) is 0.250. The zero-order chi connectivity index (χ0) is 14.4. The molecule has 0 atom stereocenters. The lowest BCUT2D eigenvalue weighted by Gasteiger charge is -2.13. The van der Waals surface area contributed by atoms with E-state index in [1.165, 1.54) is 0 Å². The topological polar surface area (TPSA) is 51.2 Å². The van der Waals surface area contributed by atoms with Gasteiger partial charge in [0.15, 0.2) is 0 Å². The molecule has 104 valence electrons. The molecule has 1 N–H and O–H groups in total. The Morgan fingerprint density at radius 1 is 1.20 bits per heavy atom. The third-order valence-corrected chi connectivity index (χ3v) is 2.65. The Labute approximate surface area is 118 Å². The first-order chi connectivity index (χ1) is 9.66. The Morgan fingerprint density at radius 3 is 2.60 bits per heavy atom. The van der Waals surface area contributed by atoms with Gasteiger partial charge in [0.2, 0.25) is 0 Å². The van der Waals surface area contributed by atoms with E-state index in [0.717, 1.165) is 0 Å². The molecule has 0 fully saturated rings. The van der Waals surface area contributed by atoms with Crippen molar-refractivity contribution in [3.63, 3.8) is 0 Å². The standard InChI is InChI=1S/C16H18N2O2/c1-12(2)11-20-15-6-4-3-5-14(15)18-16(19)13-7-9-17-10-8-13/h3-10,12H,11H2,1-2H3,(H,18,19). The Balaban J connectivity index is 2.11. The molecule has 0 unspecified atom stereocenters. The summed E-state index contributed by atoms with van der Waals surface area (Å²) in [5.41, 5.74) is 1.24. The fourth-order valence-electron chi connectivity index (χ4n) is 1.65. The number of carbonyl (C=O) groups excluding carboxylic acids is 1. The molecule has 2 rings (SSSR count). The highest BCUT2D eigenvalue weighted by atomic mass is 16.5. The normalized spacial score (nSPS) is 10.3. The lowest BCUT2D eigenvalue weighted by atomic mass is 10.2. The van der Waals surface area contributed by atoms with Gasteiger partial charge in [-0.2, -0.15) is 0 Å².